The van der Waals surface area contributed by atoms with E-state index >= 15 is 0 Å². The zero-order valence-electron chi connectivity index (χ0n) is 6.05. The van der Waals surface area contributed by atoms with Crippen molar-refractivity contribution in [3.05, 3.63) is 0 Å². The Morgan fingerprint density at radius 2 is 1.90 bits per heavy atom. The third-order valence-electron chi connectivity index (χ3n) is 2.20. The Balaban J connectivity index is 2.32. The highest BCUT2D eigenvalue weighted by Crippen LogP contribution is 2.26. The Morgan fingerprint density at radius 1 is 1.30 bits per heavy atom. The highest BCUT2D eigenvalue weighted by atomic mass is 16.1. The molecule has 1 saturated carbocycles. The van der Waals surface area contributed by atoms with Gasteiger partial charge in [0.05, 0.1) is 0 Å². The molecule has 1 nitrogen and oxygen atoms in total. The lowest BCUT2D eigenvalue weighted by Crippen LogP contribution is -2.13. The van der Waals surface area contributed by atoms with Gasteiger partial charge in [-0.3, -0.25) is 0 Å². The van der Waals surface area contributed by atoms with Gasteiger partial charge in [0.2, 0.25) is 0 Å². The Labute approximate surface area is 61.8 Å². The van der Waals surface area contributed by atoms with Crippen LogP contribution in [0.1, 0.15) is 25.7 Å². The summed E-state index contributed by atoms with van der Waals surface area (Å²) < 4.78 is 0. The van der Waals surface area contributed by atoms with Gasteiger partial charge in [-0.1, -0.05) is 0 Å². The van der Waals surface area contributed by atoms with Crippen molar-refractivity contribution >= 4 is 6.29 Å². The molecule has 0 aromatic rings. The third kappa shape index (κ3) is 1.60. The Hall–Kier alpha value is -0.770. The molecule has 0 saturated heterocycles. The second-order valence-corrected chi connectivity index (χ2v) is 2.91. The summed E-state index contributed by atoms with van der Waals surface area (Å²) in [7, 11) is 0. The van der Waals surface area contributed by atoms with Gasteiger partial charge in [-0.2, -0.15) is 0 Å². The van der Waals surface area contributed by atoms with Gasteiger partial charge < -0.3 is 4.79 Å². The van der Waals surface area contributed by atoms with Crippen LogP contribution in [-0.2, 0) is 4.79 Å². The quantitative estimate of drug-likeness (QED) is 0.395. The molecule has 0 unspecified atom stereocenters. The maximum atomic E-state index is 10.3. The van der Waals surface area contributed by atoms with Crippen molar-refractivity contribution in [1.29, 1.82) is 0 Å². The van der Waals surface area contributed by atoms with Crippen LogP contribution in [0.3, 0.4) is 0 Å². The molecule has 1 rings (SSSR count). The third-order valence-corrected chi connectivity index (χ3v) is 2.20. The van der Waals surface area contributed by atoms with E-state index in [1.54, 1.807) is 0 Å². The fourth-order valence-corrected chi connectivity index (χ4v) is 1.42. The van der Waals surface area contributed by atoms with Crippen molar-refractivity contribution in [3.63, 3.8) is 0 Å². The molecule has 1 aliphatic rings. The summed E-state index contributed by atoms with van der Waals surface area (Å²) in [6, 6.07) is 0. The number of aldehydes is 1. The normalized spacial score (nSPS) is 32.7. The fourth-order valence-electron chi connectivity index (χ4n) is 1.42. The minimum atomic E-state index is 0.296. The predicted molar refractivity (Wildman–Crippen MR) is 40.3 cm³/mol. The van der Waals surface area contributed by atoms with Gasteiger partial charge in [0, 0.05) is 11.8 Å². The second-order valence-electron chi connectivity index (χ2n) is 2.91. The summed E-state index contributed by atoms with van der Waals surface area (Å²) in [5, 5.41) is 0. The van der Waals surface area contributed by atoms with Gasteiger partial charge in [0.25, 0.3) is 0 Å². The SMILES string of the molecule is C#C[C@H]1CC[C@H](C=O)CC1. The van der Waals surface area contributed by atoms with Crippen LogP contribution < -0.4 is 0 Å². The first-order chi connectivity index (χ1) is 4.86. The van der Waals surface area contributed by atoms with Gasteiger partial charge in [0.1, 0.15) is 6.29 Å². The molecule has 0 atom stereocenters. The summed E-state index contributed by atoms with van der Waals surface area (Å²) in [4.78, 5) is 10.3. The Kier molecular flexibility index (Phi) is 2.50. The number of hydrogen-bond donors (Lipinski definition) is 0. The van der Waals surface area contributed by atoms with Crippen LogP contribution in [-0.4, -0.2) is 6.29 Å². The topological polar surface area (TPSA) is 17.1 Å². The van der Waals surface area contributed by atoms with Crippen molar-refractivity contribution in [1.82, 2.24) is 0 Å². The fraction of sp³-hybridized carbons (Fsp3) is 0.667. The van der Waals surface area contributed by atoms with E-state index < -0.39 is 0 Å². The number of terminal acetylenes is 1. The van der Waals surface area contributed by atoms with E-state index in [9.17, 15) is 4.79 Å². The zero-order valence-corrected chi connectivity index (χ0v) is 6.05. The van der Waals surface area contributed by atoms with Crippen molar-refractivity contribution in [3.8, 4) is 12.3 Å². The average Bonchev–Trinajstić information content (AvgIpc) is 2.05. The van der Waals surface area contributed by atoms with E-state index in [1.165, 1.54) is 0 Å². The zero-order chi connectivity index (χ0) is 7.40. The average molecular weight is 136 g/mol. The smallest absolute Gasteiger partial charge is 0.123 e. The minimum Gasteiger partial charge on any atom is -0.303 e. The number of hydrogen-bond acceptors (Lipinski definition) is 1. The minimum absolute atomic E-state index is 0.296. The second kappa shape index (κ2) is 3.41. The summed E-state index contributed by atoms with van der Waals surface area (Å²) in [5.41, 5.74) is 0. The van der Waals surface area contributed by atoms with E-state index in [0.29, 0.717) is 11.8 Å². The van der Waals surface area contributed by atoms with Crippen LogP contribution in [0.4, 0.5) is 0 Å². The molecule has 0 amide bonds. The maximum Gasteiger partial charge on any atom is 0.123 e. The molecule has 10 heavy (non-hydrogen) atoms. The standard InChI is InChI=1S/C9H12O/c1-2-8-3-5-9(7-10)6-4-8/h1,7-9H,3-6H2/t8-,9-. The number of carbonyl (C=O) groups excluding carboxylic acids is 1. The first-order valence-corrected chi connectivity index (χ1v) is 3.78. The molecule has 0 bridgehead atoms. The number of carbonyl (C=O) groups is 1. The van der Waals surface area contributed by atoms with Crippen molar-refractivity contribution in [2.45, 2.75) is 25.7 Å². The number of rotatable bonds is 1. The molecule has 0 N–H and O–H groups in total. The molecule has 1 fully saturated rings. The molecule has 1 aliphatic carbocycles. The van der Waals surface area contributed by atoms with Gasteiger partial charge in [-0.25, -0.2) is 0 Å². The summed E-state index contributed by atoms with van der Waals surface area (Å²) in [6.45, 7) is 0. The maximum absolute atomic E-state index is 10.3. The van der Waals surface area contributed by atoms with E-state index in [2.05, 4.69) is 5.92 Å². The predicted octanol–water partition coefficient (Wildman–Crippen LogP) is 1.62. The van der Waals surface area contributed by atoms with Gasteiger partial charge in [-0.15, -0.1) is 12.3 Å². The molecule has 0 heterocycles. The van der Waals surface area contributed by atoms with E-state index in [0.717, 1.165) is 32.0 Å². The molecule has 0 radical (unpaired) electrons. The van der Waals surface area contributed by atoms with E-state index in [-0.39, 0.29) is 0 Å². The molecule has 0 aromatic heterocycles. The Morgan fingerprint density at radius 3 is 2.30 bits per heavy atom. The van der Waals surface area contributed by atoms with Crippen molar-refractivity contribution in [2.75, 3.05) is 0 Å². The molecular formula is C9H12O. The lowest BCUT2D eigenvalue weighted by Gasteiger charge is -2.20. The van der Waals surface area contributed by atoms with Crippen LogP contribution in [0.25, 0.3) is 0 Å². The molecular weight excluding hydrogens is 124 g/mol. The molecule has 0 aliphatic heterocycles. The van der Waals surface area contributed by atoms with Crippen molar-refractivity contribution < 1.29 is 4.79 Å². The highest BCUT2D eigenvalue weighted by Gasteiger charge is 2.18. The lowest BCUT2D eigenvalue weighted by atomic mass is 9.83. The monoisotopic (exact) mass is 136 g/mol. The summed E-state index contributed by atoms with van der Waals surface area (Å²) in [5.74, 6) is 3.47. The van der Waals surface area contributed by atoms with Crippen LogP contribution in [0.5, 0.6) is 0 Å². The summed E-state index contributed by atoms with van der Waals surface area (Å²) >= 11 is 0. The Bertz CT molecular complexity index is 147. The van der Waals surface area contributed by atoms with E-state index in [4.69, 9.17) is 6.42 Å². The van der Waals surface area contributed by atoms with E-state index in [1.807, 2.05) is 0 Å². The molecule has 0 aromatic carbocycles. The molecule has 0 spiro atoms. The molecule has 54 valence electrons. The van der Waals surface area contributed by atoms with Gasteiger partial charge >= 0.3 is 0 Å². The van der Waals surface area contributed by atoms with Crippen LogP contribution >= 0.6 is 0 Å². The highest BCUT2D eigenvalue weighted by molar-refractivity contribution is 5.53. The van der Waals surface area contributed by atoms with Crippen LogP contribution in [0.15, 0.2) is 0 Å². The van der Waals surface area contributed by atoms with Crippen LogP contribution in [0.2, 0.25) is 0 Å². The first-order valence-electron chi connectivity index (χ1n) is 3.78. The van der Waals surface area contributed by atoms with Crippen molar-refractivity contribution in [2.24, 2.45) is 11.8 Å². The van der Waals surface area contributed by atoms with Gasteiger partial charge in [-0.05, 0) is 25.7 Å². The molecule has 1 heteroatoms. The van der Waals surface area contributed by atoms with Gasteiger partial charge in [0.15, 0.2) is 0 Å². The summed E-state index contributed by atoms with van der Waals surface area (Å²) in [6.07, 6.45) is 10.4. The first kappa shape index (κ1) is 7.34. The van der Waals surface area contributed by atoms with Crippen LogP contribution in [0, 0.1) is 24.2 Å². The lowest BCUT2D eigenvalue weighted by molar-refractivity contribution is -0.112. The largest absolute Gasteiger partial charge is 0.303 e.